The quantitative estimate of drug-likeness (QED) is 0.294. The minimum Gasteiger partial charge on any atom is -0.258 e. The van der Waals surface area contributed by atoms with Crippen molar-refractivity contribution in [2.45, 2.75) is 51.3 Å². The summed E-state index contributed by atoms with van der Waals surface area (Å²) in [6, 6.07) is 1.80. The number of hydrogen-bond donors (Lipinski definition) is 0. The molecular weight excluding hydrogens is 477 g/mol. The van der Waals surface area contributed by atoms with Crippen molar-refractivity contribution in [1.29, 1.82) is 0 Å². The summed E-state index contributed by atoms with van der Waals surface area (Å²) in [5.41, 5.74) is 0.904. The number of aromatic nitrogens is 7. The van der Waals surface area contributed by atoms with E-state index in [1.54, 1.807) is 13.8 Å². The van der Waals surface area contributed by atoms with Gasteiger partial charge in [-0.05, 0) is 44.4 Å². The van der Waals surface area contributed by atoms with Crippen LogP contribution in [0, 0.1) is 6.92 Å². The van der Waals surface area contributed by atoms with Gasteiger partial charge >= 0.3 is 6.18 Å². The molecule has 0 spiro atoms. The number of rotatable bonds is 4. The van der Waals surface area contributed by atoms with E-state index in [1.165, 1.54) is 32.9 Å². The van der Waals surface area contributed by atoms with Gasteiger partial charge in [0.05, 0.1) is 5.52 Å². The summed E-state index contributed by atoms with van der Waals surface area (Å²) in [7, 11) is 0. The first-order chi connectivity index (χ1) is 16.1. The van der Waals surface area contributed by atoms with Crippen LogP contribution in [-0.4, -0.2) is 34.3 Å². The van der Waals surface area contributed by atoms with E-state index in [2.05, 4.69) is 25.1 Å². The van der Waals surface area contributed by atoms with Crippen LogP contribution in [0.2, 0.25) is 0 Å². The molecule has 13 heteroatoms. The Bertz CT molecular complexity index is 1580. The summed E-state index contributed by atoms with van der Waals surface area (Å²) in [5, 5.41) is 8.94. The molecule has 6 rings (SSSR count). The molecule has 0 aliphatic heterocycles. The van der Waals surface area contributed by atoms with Gasteiger partial charge in [0.1, 0.15) is 27.6 Å². The minimum absolute atomic E-state index is 0.0390. The Morgan fingerprint density at radius 1 is 1.12 bits per heavy atom. The van der Waals surface area contributed by atoms with Gasteiger partial charge in [-0.3, -0.25) is 4.68 Å². The number of aryl methyl sites for hydroxylation is 1. The third-order valence-electron chi connectivity index (χ3n) is 6.02. The smallest absolute Gasteiger partial charge is 0.258 e. The highest BCUT2D eigenvalue weighted by Crippen LogP contribution is 2.43. The second kappa shape index (κ2) is 7.14. The number of nitrogens with zero attached hydrogens (tertiary/aromatic N) is 7. The van der Waals surface area contributed by atoms with Gasteiger partial charge in [-0.2, -0.15) is 18.3 Å². The van der Waals surface area contributed by atoms with Gasteiger partial charge in [0.2, 0.25) is 0 Å². The molecule has 1 saturated carbocycles. The molecule has 0 bridgehead atoms. The van der Waals surface area contributed by atoms with Gasteiger partial charge in [-0.15, -0.1) is 16.4 Å². The van der Waals surface area contributed by atoms with Crippen molar-refractivity contribution in [3.8, 4) is 0 Å². The van der Waals surface area contributed by atoms with Crippen LogP contribution in [0.25, 0.3) is 26.1 Å². The topological polar surface area (TPSA) is 73.8 Å². The van der Waals surface area contributed by atoms with Crippen LogP contribution >= 0.6 is 11.3 Å². The summed E-state index contributed by atoms with van der Waals surface area (Å²) < 4.78 is 69.8. The highest BCUT2D eigenvalue weighted by atomic mass is 32.1. The Kier molecular flexibility index (Phi) is 4.48. The average molecular weight is 493 g/mol. The standard InChI is InChI=1S/C21H16F5N7S/c1-8-5-11(17(22)23)28-20-14(8)15-16(34-20)19-29-18(31-32(19)7-27-15)9(2)33-12(10-3-4-10)6-13(30-33)21(24,25)26/h5-7,9-10,17H,3-4H2,1-2H3/t9-/m1/s1. The molecule has 0 aromatic carbocycles. The first-order valence-electron chi connectivity index (χ1n) is 10.5. The number of fused-ring (bicyclic) bond motifs is 5. The number of alkyl halides is 5. The Balaban J connectivity index is 1.50. The third-order valence-corrected chi connectivity index (χ3v) is 7.08. The molecule has 0 amide bonds. The molecule has 34 heavy (non-hydrogen) atoms. The maximum atomic E-state index is 13.3. The molecule has 1 aliphatic carbocycles. The summed E-state index contributed by atoms with van der Waals surface area (Å²) in [6.07, 6.45) is -4.16. The third kappa shape index (κ3) is 3.24. The fourth-order valence-corrected chi connectivity index (χ4v) is 5.38. The predicted molar refractivity (Wildman–Crippen MR) is 114 cm³/mol. The van der Waals surface area contributed by atoms with Crippen LogP contribution in [0.5, 0.6) is 0 Å². The number of hydrogen-bond acceptors (Lipinski definition) is 6. The molecule has 1 atom stereocenters. The lowest BCUT2D eigenvalue weighted by atomic mass is 10.1. The fourth-order valence-electron chi connectivity index (χ4n) is 4.19. The van der Waals surface area contributed by atoms with Crippen LogP contribution in [-0.2, 0) is 6.18 Å². The highest BCUT2D eigenvalue weighted by molar-refractivity contribution is 7.26. The molecule has 176 valence electrons. The van der Waals surface area contributed by atoms with Crippen molar-refractivity contribution in [3.05, 3.63) is 46.9 Å². The van der Waals surface area contributed by atoms with E-state index in [1.807, 2.05) is 0 Å². The van der Waals surface area contributed by atoms with Crippen molar-refractivity contribution in [2.24, 2.45) is 0 Å². The van der Waals surface area contributed by atoms with Gasteiger partial charge < -0.3 is 0 Å². The first-order valence-corrected chi connectivity index (χ1v) is 11.3. The van der Waals surface area contributed by atoms with Gasteiger partial charge in [-0.25, -0.2) is 28.2 Å². The molecule has 0 N–H and O–H groups in total. The second-order valence-electron chi connectivity index (χ2n) is 8.45. The van der Waals surface area contributed by atoms with Gasteiger partial charge in [0.25, 0.3) is 6.43 Å². The average Bonchev–Trinajstić information content (AvgIpc) is 3.21. The van der Waals surface area contributed by atoms with Crippen LogP contribution in [0.4, 0.5) is 22.0 Å². The van der Waals surface area contributed by atoms with Crippen molar-refractivity contribution in [2.75, 3.05) is 0 Å². The van der Waals surface area contributed by atoms with E-state index in [-0.39, 0.29) is 17.4 Å². The van der Waals surface area contributed by atoms with Crippen molar-refractivity contribution in [3.63, 3.8) is 0 Å². The zero-order chi connectivity index (χ0) is 23.9. The molecule has 0 unspecified atom stereocenters. The van der Waals surface area contributed by atoms with Crippen LogP contribution in [0.1, 0.15) is 66.6 Å². The van der Waals surface area contributed by atoms with E-state index in [9.17, 15) is 22.0 Å². The highest BCUT2D eigenvalue weighted by Gasteiger charge is 2.39. The Morgan fingerprint density at radius 2 is 1.88 bits per heavy atom. The van der Waals surface area contributed by atoms with Crippen LogP contribution in [0.3, 0.4) is 0 Å². The maximum Gasteiger partial charge on any atom is 0.435 e. The first kappa shape index (κ1) is 21.3. The lowest BCUT2D eigenvalue weighted by Crippen LogP contribution is -2.15. The molecule has 5 aromatic rings. The summed E-state index contributed by atoms with van der Waals surface area (Å²) in [5.74, 6) is 0.320. The molecule has 1 fully saturated rings. The molecule has 5 aromatic heterocycles. The minimum atomic E-state index is -4.55. The zero-order valence-corrected chi connectivity index (χ0v) is 18.6. The summed E-state index contributed by atoms with van der Waals surface area (Å²) in [4.78, 5) is 13.5. The Hall–Kier alpha value is -3.22. The molecule has 5 heterocycles. The Labute approximate surface area is 192 Å². The van der Waals surface area contributed by atoms with Gasteiger partial charge in [0.15, 0.2) is 17.2 Å². The largest absolute Gasteiger partial charge is 0.435 e. The molecule has 7 nitrogen and oxygen atoms in total. The van der Waals surface area contributed by atoms with E-state index < -0.39 is 24.3 Å². The number of halogens is 5. The second-order valence-corrected chi connectivity index (χ2v) is 9.45. The molecular formula is C21H16F5N7S. The lowest BCUT2D eigenvalue weighted by molar-refractivity contribution is -0.141. The summed E-state index contributed by atoms with van der Waals surface area (Å²) >= 11 is 1.18. The van der Waals surface area contributed by atoms with Crippen molar-refractivity contribution >= 4 is 37.4 Å². The van der Waals surface area contributed by atoms with E-state index in [0.29, 0.717) is 37.3 Å². The Morgan fingerprint density at radius 3 is 2.56 bits per heavy atom. The van der Waals surface area contributed by atoms with Crippen LogP contribution < -0.4 is 0 Å². The number of pyridine rings is 1. The van der Waals surface area contributed by atoms with Crippen molar-refractivity contribution < 1.29 is 22.0 Å². The monoisotopic (exact) mass is 493 g/mol. The lowest BCUT2D eigenvalue weighted by Gasteiger charge is -2.12. The fraction of sp³-hybridized carbons (Fsp3) is 0.381. The zero-order valence-electron chi connectivity index (χ0n) is 17.8. The van der Waals surface area contributed by atoms with Crippen LogP contribution in [0.15, 0.2) is 18.5 Å². The predicted octanol–water partition coefficient (Wildman–Crippen LogP) is 5.84. The summed E-state index contributed by atoms with van der Waals surface area (Å²) in [6.45, 7) is 3.42. The van der Waals surface area contributed by atoms with E-state index >= 15 is 0 Å². The van der Waals surface area contributed by atoms with Gasteiger partial charge in [0, 0.05) is 17.0 Å². The molecule has 1 aliphatic rings. The van der Waals surface area contributed by atoms with E-state index in [4.69, 9.17) is 0 Å². The SMILES string of the molecule is Cc1cc(C(F)F)nc2sc3c(ncn4nc([C@@H](C)n5nc(C(F)(F)F)cc5C5CC5)nc34)c12. The molecule has 0 radical (unpaired) electrons. The normalized spacial score (nSPS) is 15.9. The maximum absolute atomic E-state index is 13.3. The number of thiophene rings is 1. The van der Waals surface area contributed by atoms with E-state index in [0.717, 1.165) is 18.9 Å². The van der Waals surface area contributed by atoms with Crippen molar-refractivity contribution in [1.82, 2.24) is 34.3 Å². The van der Waals surface area contributed by atoms with Gasteiger partial charge in [-0.1, -0.05) is 0 Å². The molecule has 0 saturated heterocycles.